The number of para-hydroxylation sites is 1. The molecule has 0 fully saturated rings. The molecular weight excluding hydrogens is 312 g/mol. The first-order chi connectivity index (χ1) is 12.2. The summed E-state index contributed by atoms with van der Waals surface area (Å²) in [5, 5.41) is 5.94. The van der Waals surface area contributed by atoms with Crippen LogP contribution in [-0.4, -0.2) is 10.9 Å². The molecule has 25 heavy (non-hydrogen) atoms. The number of H-pyrrole nitrogens is 1. The number of nitrogens with one attached hydrogen (secondary N) is 2. The third-order valence-corrected chi connectivity index (χ3v) is 4.27. The summed E-state index contributed by atoms with van der Waals surface area (Å²) in [4.78, 5) is 27.3. The zero-order chi connectivity index (χ0) is 17.2. The van der Waals surface area contributed by atoms with Crippen molar-refractivity contribution < 1.29 is 4.79 Å². The summed E-state index contributed by atoms with van der Waals surface area (Å²) in [6.45, 7) is 0.371. The van der Waals surface area contributed by atoms with Crippen molar-refractivity contribution in [2.24, 2.45) is 0 Å². The molecule has 0 bridgehead atoms. The molecule has 4 heteroatoms. The maximum atomic E-state index is 12.4. The van der Waals surface area contributed by atoms with Crippen LogP contribution in [0.5, 0.6) is 0 Å². The molecule has 0 atom stereocenters. The van der Waals surface area contributed by atoms with Crippen LogP contribution in [-0.2, 0) is 6.54 Å². The van der Waals surface area contributed by atoms with E-state index in [1.807, 2.05) is 66.7 Å². The van der Waals surface area contributed by atoms with Crippen molar-refractivity contribution >= 4 is 27.6 Å². The smallest absolute Gasteiger partial charge is 0.261 e. The molecule has 0 spiro atoms. The van der Waals surface area contributed by atoms with E-state index in [-0.39, 0.29) is 17.0 Å². The number of aromatic amines is 1. The lowest BCUT2D eigenvalue weighted by Crippen LogP contribution is -2.29. The average Bonchev–Trinajstić information content (AvgIpc) is 2.65. The van der Waals surface area contributed by atoms with E-state index in [0.717, 1.165) is 27.2 Å². The molecule has 0 aliphatic carbocycles. The van der Waals surface area contributed by atoms with Crippen molar-refractivity contribution in [3.05, 3.63) is 94.3 Å². The number of aromatic nitrogens is 1. The number of amides is 1. The molecule has 4 aromatic rings. The number of hydrogen-bond acceptors (Lipinski definition) is 2. The Hall–Kier alpha value is -3.40. The van der Waals surface area contributed by atoms with Crippen LogP contribution in [0.15, 0.2) is 77.6 Å². The first-order valence-corrected chi connectivity index (χ1v) is 8.09. The fourth-order valence-electron chi connectivity index (χ4n) is 2.94. The zero-order valence-electron chi connectivity index (χ0n) is 13.5. The Morgan fingerprint density at radius 3 is 2.40 bits per heavy atom. The topological polar surface area (TPSA) is 62.0 Å². The Labute approximate surface area is 144 Å². The summed E-state index contributed by atoms with van der Waals surface area (Å²) in [6.07, 6.45) is 0. The largest absolute Gasteiger partial charge is 0.348 e. The van der Waals surface area contributed by atoms with Gasteiger partial charge in [-0.25, -0.2) is 0 Å². The van der Waals surface area contributed by atoms with Gasteiger partial charge in [0.15, 0.2) is 0 Å². The average molecular weight is 328 g/mol. The molecule has 0 aliphatic heterocycles. The van der Waals surface area contributed by atoms with Crippen LogP contribution < -0.4 is 10.9 Å². The Bertz CT molecular complexity index is 1150. The minimum absolute atomic E-state index is 0.125. The second kappa shape index (κ2) is 6.24. The predicted octanol–water partition coefficient (Wildman–Crippen LogP) is 3.61. The summed E-state index contributed by atoms with van der Waals surface area (Å²) in [6, 6.07) is 23.1. The molecule has 0 aliphatic rings. The minimum Gasteiger partial charge on any atom is -0.348 e. The Morgan fingerprint density at radius 1 is 0.840 bits per heavy atom. The van der Waals surface area contributed by atoms with E-state index in [2.05, 4.69) is 10.3 Å². The van der Waals surface area contributed by atoms with Gasteiger partial charge in [-0.1, -0.05) is 54.6 Å². The van der Waals surface area contributed by atoms with E-state index in [9.17, 15) is 9.59 Å². The summed E-state index contributed by atoms with van der Waals surface area (Å²) >= 11 is 0. The van der Waals surface area contributed by atoms with Crippen molar-refractivity contribution in [1.29, 1.82) is 0 Å². The van der Waals surface area contributed by atoms with E-state index in [4.69, 9.17) is 0 Å². The predicted molar refractivity (Wildman–Crippen MR) is 99.7 cm³/mol. The molecule has 0 saturated carbocycles. The lowest BCUT2D eigenvalue weighted by molar-refractivity contribution is 0.0949. The second-order valence-corrected chi connectivity index (χ2v) is 5.96. The van der Waals surface area contributed by atoms with Crippen LogP contribution in [0.4, 0.5) is 0 Å². The summed E-state index contributed by atoms with van der Waals surface area (Å²) in [7, 11) is 0. The van der Waals surface area contributed by atoms with Crippen molar-refractivity contribution in [3.8, 4) is 0 Å². The van der Waals surface area contributed by atoms with Gasteiger partial charge in [0.05, 0.1) is 0 Å². The van der Waals surface area contributed by atoms with Gasteiger partial charge in [0, 0.05) is 12.1 Å². The monoisotopic (exact) mass is 328 g/mol. The number of carbonyl (C=O) groups is 1. The quantitative estimate of drug-likeness (QED) is 0.603. The lowest BCUT2D eigenvalue weighted by Gasteiger charge is -2.07. The summed E-state index contributed by atoms with van der Waals surface area (Å²) in [5.41, 5.74) is 1.46. The first kappa shape index (κ1) is 15.1. The van der Waals surface area contributed by atoms with E-state index in [0.29, 0.717) is 6.54 Å². The highest BCUT2D eigenvalue weighted by Crippen LogP contribution is 2.15. The number of carbonyl (C=O) groups excluding carboxylic acids is 1. The van der Waals surface area contributed by atoms with Crippen LogP contribution in [0.25, 0.3) is 21.7 Å². The van der Waals surface area contributed by atoms with Gasteiger partial charge in [-0.3, -0.25) is 9.59 Å². The molecule has 3 aromatic carbocycles. The van der Waals surface area contributed by atoms with E-state index < -0.39 is 0 Å². The molecule has 0 unspecified atom stereocenters. The van der Waals surface area contributed by atoms with E-state index >= 15 is 0 Å². The number of rotatable bonds is 3. The second-order valence-electron chi connectivity index (χ2n) is 5.96. The number of hydrogen-bond donors (Lipinski definition) is 2. The fraction of sp³-hybridized carbons (Fsp3) is 0.0476. The minimum atomic E-state index is -0.380. The van der Waals surface area contributed by atoms with Gasteiger partial charge in [0.25, 0.3) is 11.5 Å². The first-order valence-electron chi connectivity index (χ1n) is 8.09. The molecule has 0 saturated heterocycles. The van der Waals surface area contributed by atoms with Crippen LogP contribution >= 0.6 is 0 Å². The molecule has 2 N–H and O–H groups in total. The molecule has 1 aromatic heterocycles. The highest BCUT2D eigenvalue weighted by Gasteiger charge is 2.11. The number of benzene rings is 3. The third-order valence-electron chi connectivity index (χ3n) is 4.27. The van der Waals surface area contributed by atoms with Crippen molar-refractivity contribution in [2.45, 2.75) is 6.54 Å². The number of pyridine rings is 1. The van der Waals surface area contributed by atoms with Crippen molar-refractivity contribution in [1.82, 2.24) is 10.3 Å². The van der Waals surface area contributed by atoms with Crippen LogP contribution in [0.3, 0.4) is 0 Å². The molecule has 0 radical (unpaired) electrons. The van der Waals surface area contributed by atoms with Crippen molar-refractivity contribution in [3.63, 3.8) is 0 Å². The fourth-order valence-corrected chi connectivity index (χ4v) is 2.94. The van der Waals surface area contributed by atoms with Gasteiger partial charge in [-0.15, -0.1) is 0 Å². The maximum absolute atomic E-state index is 12.4. The van der Waals surface area contributed by atoms with Gasteiger partial charge in [-0.05, 0) is 39.9 Å². The van der Waals surface area contributed by atoms with E-state index in [1.54, 1.807) is 6.07 Å². The van der Waals surface area contributed by atoms with Crippen molar-refractivity contribution in [2.75, 3.05) is 0 Å². The van der Waals surface area contributed by atoms with Crippen LogP contribution in [0.2, 0.25) is 0 Å². The van der Waals surface area contributed by atoms with Gasteiger partial charge >= 0.3 is 0 Å². The normalized spacial score (nSPS) is 10.9. The standard InChI is InChI=1S/C21H16N2O2/c24-20(18-12-17-7-3-4-8-19(17)23-21(18)25)22-13-14-9-10-15-5-1-2-6-16(15)11-14/h1-12H,13H2,(H,22,24)(H,23,25). The van der Waals surface area contributed by atoms with Gasteiger partial charge in [0.2, 0.25) is 0 Å². The third kappa shape index (κ3) is 3.02. The molecule has 1 heterocycles. The Kier molecular flexibility index (Phi) is 3.78. The molecule has 1 amide bonds. The number of fused-ring (bicyclic) bond motifs is 2. The SMILES string of the molecule is O=C(NCc1ccc2ccccc2c1)c1cc2ccccc2[nH]c1=O. The highest BCUT2D eigenvalue weighted by molar-refractivity contribution is 5.97. The Balaban J connectivity index is 1.57. The van der Waals surface area contributed by atoms with Gasteiger partial charge < -0.3 is 10.3 Å². The molecule has 4 nitrogen and oxygen atoms in total. The van der Waals surface area contributed by atoms with Crippen LogP contribution in [0, 0.1) is 0 Å². The highest BCUT2D eigenvalue weighted by atomic mass is 16.2. The molecule has 122 valence electrons. The molecular formula is C21H16N2O2. The maximum Gasteiger partial charge on any atom is 0.261 e. The van der Waals surface area contributed by atoms with Gasteiger partial charge in [0.1, 0.15) is 5.56 Å². The zero-order valence-corrected chi connectivity index (χ0v) is 13.5. The van der Waals surface area contributed by atoms with Crippen LogP contribution in [0.1, 0.15) is 15.9 Å². The Morgan fingerprint density at radius 2 is 1.56 bits per heavy atom. The summed E-state index contributed by atoms with van der Waals surface area (Å²) in [5.74, 6) is -0.375. The van der Waals surface area contributed by atoms with E-state index in [1.165, 1.54) is 0 Å². The molecule has 4 rings (SSSR count). The summed E-state index contributed by atoms with van der Waals surface area (Å²) < 4.78 is 0. The van der Waals surface area contributed by atoms with Gasteiger partial charge in [-0.2, -0.15) is 0 Å². The lowest BCUT2D eigenvalue weighted by atomic mass is 10.1.